The Balaban J connectivity index is 1.30. The normalized spacial score (nSPS) is 17.8. The molecule has 1 N–H and O–H groups in total. The molecular weight excluding hydrogens is 366 g/mol. The van der Waals surface area contributed by atoms with Crippen LogP contribution in [0, 0.1) is 5.92 Å². The van der Waals surface area contributed by atoms with E-state index < -0.39 is 0 Å². The summed E-state index contributed by atoms with van der Waals surface area (Å²) in [5, 5.41) is 11.5. The third-order valence-electron chi connectivity index (χ3n) is 5.92. The van der Waals surface area contributed by atoms with E-state index in [-0.39, 0.29) is 11.8 Å². The maximum atomic E-state index is 12.4. The van der Waals surface area contributed by atoms with Crippen LogP contribution in [0.4, 0.5) is 17.3 Å². The van der Waals surface area contributed by atoms with Crippen molar-refractivity contribution in [1.82, 2.24) is 10.2 Å². The van der Waals surface area contributed by atoms with Crippen molar-refractivity contribution in [3.05, 3.63) is 36.4 Å². The van der Waals surface area contributed by atoms with Crippen LogP contribution in [0.15, 0.2) is 36.4 Å². The summed E-state index contributed by atoms with van der Waals surface area (Å²) in [5.41, 5.74) is 1.21. The van der Waals surface area contributed by atoms with Crippen molar-refractivity contribution in [3.8, 4) is 5.75 Å². The molecule has 1 aliphatic carbocycles. The number of ether oxygens (including phenoxy) is 1. The number of methoxy groups -OCH3 is 1. The number of rotatable bonds is 5. The summed E-state index contributed by atoms with van der Waals surface area (Å²) in [7, 11) is 1.68. The molecule has 1 amide bonds. The molecule has 0 unspecified atom stereocenters. The molecule has 2 aliphatic rings. The number of amides is 1. The quantitative estimate of drug-likeness (QED) is 0.837. The van der Waals surface area contributed by atoms with Crippen molar-refractivity contribution in [2.24, 2.45) is 5.92 Å². The number of carbonyl (C=O) groups excluding carboxylic acids is 1. The number of carbonyl (C=O) groups is 1. The number of nitrogens with one attached hydrogen (secondary N) is 1. The van der Waals surface area contributed by atoms with Gasteiger partial charge in [-0.1, -0.05) is 19.3 Å². The minimum Gasteiger partial charge on any atom is -0.497 e. The van der Waals surface area contributed by atoms with Gasteiger partial charge < -0.3 is 19.9 Å². The Bertz CT molecular complexity index is 795. The van der Waals surface area contributed by atoms with Gasteiger partial charge in [-0.15, -0.1) is 10.2 Å². The molecule has 2 aromatic rings. The standard InChI is InChI=1S/C22H29N5O2/c1-29-19-9-7-18(8-10-19)26-13-15-27(16-14-26)21-12-11-20(24-25-21)23-22(28)17-5-3-2-4-6-17/h7-12,17H,2-6,13-16H2,1H3,(H,23,24,28). The van der Waals surface area contributed by atoms with Crippen molar-refractivity contribution < 1.29 is 9.53 Å². The molecule has 0 radical (unpaired) electrons. The van der Waals surface area contributed by atoms with Crippen LogP contribution >= 0.6 is 0 Å². The summed E-state index contributed by atoms with van der Waals surface area (Å²) in [6, 6.07) is 12.0. The van der Waals surface area contributed by atoms with Crippen LogP contribution in [0.5, 0.6) is 5.75 Å². The average molecular weight is 396 g/mol. The van der Waals surface area contributed by atoms with Crippen LogP contribution in [0.25, 0.3) is 0 Å². The summed E-state index contributed by atoms with van der Waals surface area (Å²) in [6.07, 6.45) is 5.49. The fraction of sp³-hybridized carbons (Fsp3) is 0.500. The van der Waals surface area contributed by atoms with E-state index in [1.54, 1.807) is 7.11 Å². The van der Waals surface area contributed by atoms with E-state index >= 15 is 0 Å². The average Bonchev–Trinajstić information content (AvgIpc) is 2.80. The van der Waals surface area contributed by atoms with Crippen molar-refractivity contribution in [3.63, 3.8) is 0 Å². The van der Waals surface area contributed by atoms with Crippen LogP contribution in [-0.2, 0) is 4.79 Å². The molecule has 0 atom stereocenters. The zero-order valence-electron chi connectivity index (χ0n) is 17.0. The topological polar surface area (TPSA) is 70.6 Å². The minimum absolute atomic E-state index is 0.0832. The molecule has 1 aromatic heterocycles. The summed E-state index contributed by atoms with van der Waals surface area (Å²) >= 11 is 0. The van der Waals surface area contributed by atoms with Crippen molar-refractivity contribution in [2.75, 3.05) is 48.4 Å². The third-order valence-corrected chi connectivity index (χ3v) is 5.92. The molecule has 2 heterocycles. The molecule has 0 spiro atoms. The number of aromatic nitrogens is 2. The summed E-state index contributed by atoms with van der Waals surface area (Å²) in [5.74, 6) is 2.48. The van der Waals surface area contributed by atoms with Gasteiger partial charge in [0.2, 0.25) is 5.91 Å². The van der Waals surface area contributed by atoms with Crippen molar-refractivity contribution in [2.45, 2.75) is 32.1 Å². The number of nitrogens with zero attached hydrogens (tertiary/aromatic N) is 4. The maximum absolute atomic E-state index is 12.4. The van der Waals surface area contributed by atoms with Gasteiger partial charge in [-0.05, 0) is 49.2 Å². The zero-order chi connectivity index (χ0) is 20.1. The maximum Gasteiger partial charge on any atom is 0.228 e. The highest BCUT2D eigenvalue weighted by Gasteiger charge is 2.22. The highest BCUT2D eigenvalue weighted by molar-refractivity contribution is 5.91. The van der Waals surface area contributed by atoms with Gasteiger partial charge in [-0.3, -0.25) is 4.79 Å². The van der Waals surface area contributed by atoms with Gasteiger partial charge in [0, 0.05) is 37.8 Å². The fourth-order valence-electron chi connectivity index (χ4n) is 4.14. The predicted octanol–water partition coefficient (Wildman–Crippen LogP) is 3.33. The first-order chi connectivity index (χ1) is 14.2. The van der Waals surface area contributed by atoms with Crippen LogP contribution in [0.1, 0.15) is 32.1 Å². The second-order valence-corrected chi connectivity index (χ2v) is 7.77. The van der Waals surface area contributed by atoms with E-state index in [4.69, 9.17) is 4.74 Å². The van der Waals surface area contributed by atoms with Crippen LogP contribution in [0.3, 0.4) is 0 Å². The van der Waals surface area contributed by atoms with E-state index in [0.717, 1.165) is 63.4 Å². The molecule has 29 heavy (non-hydrogen) atoms. The van der Waals surface area contributed by atoms with Gasteiger partial charge in [0.15, 0.2) is 11.6 Å². The number of hydrogen-bond donors (Lipinski definition) is 1. The van der Waals surface area contributed by atoms with Gasteiger partial charge in [0.1, 0.15) is 5.75 Å². The first kappa shape index (κ1) is 19.5. The molecule has 4 rings (SSSR count). The Hall–Kier alpha value is -2.83. The van der Waals surface area contributed by atoms with Gasteiger partial charge in [0.05, 0.1) is 7.11 Å². The molecule has 2 fully saturated rings. The van der Waals surface area contributed by atoms with E-state index in [9.17, 15) is 4.79 Å². The first-order valence-corrected chi connectivity index (χ1v) is 10.5. The van der Waals surface area contributed by atoms with Crippen LogP contribution < -0.4 is 19.9 Å². The molecule has 7 heteroatoms. The van der Waals surface area contributed by atoms with Gasteiger partial charge in [-0.2, -0.15) is 0 Å². The third kappa shape index (κ3) is 4.78. The predicted molar refractivity (Wildman–Crippen MR) is 115 cm³/mol. The molecule has 154 valence electrons. The van der Waals surface area contributed by atoms with Gasteiger partial charge >= 0.3 is 0 Å². The van der Waals surface area contributed by atoms with E-state index in [1.807, 2.05) is 24.3 Å². The molecule has 7 nitrogen and oxygen atoms in total. The van der Waals surface area contributed by atoms with Crippen LogP contribution in [-0.4, -0.2) is 49.4 Å². The lowest BCUT2D eigenvalue weighted by Gasteiger charge is -2.36. The number of hydrogen-bond acceptors (Lipinski definition) is 6. The Kier molecular flexibility index (Phi) is 6.12. The number of anilines is 3. The number of benzene rings is 1. The Labute approximate surface area is 172 Å². The first-order valence-electron chi connectivity index (χ1n) is 10.5. The second kappa shape index (κ2) is 9.11. The highest BCUT2D eigenvalue weighted by atomic mass is 16.5. The zero-order valence-corrected chi connectivity index (χ0v) is 17.0. The summed E-state index contributed by atoms with van der Waals surface area (Å²) < 4.78 is 5.23. The lowest BCUT2D eigenvalue weighted by atomic mass is 9.89. The van der Waals surface area contributed by atoms with Crippen LogP contribution in [0.2, 0.25) is 0 Å². The van der Waals surface area contributed by atoms with E-state index in [2.05, 4.69) is 37.4 Å². The fourth-order valence-corrected chi connectivity index (χ4v) is 4.14. The lowest BCUT2D eigenvalue weighted by molar-refractivity contribution is -0.120. The van der Waals surface area contributed by atoms with E-state index in [0.29, 0.717) is 5.82 Å². The molecular formula is C22H29N5O2. The SMILES string of the molecule is COc1ccc(N2CCN(c3ccc(NC(=O)C4CCCCC4)nn3)CC2)cc1. The smallest absolute Gasteiger partial charge is 0.228 e. The highest BCUT2D eigenvalue weighted by Crippen LogP contribution is 2.25. The second-order valence-electron chi connectivity index (χ2n) is 7.77. The van der Waals surface area contributed by atoms with Crippen molar-refractivity contribution >= 4 is 23.2 Å². The largest absolute Gasteiger partial charge is 0.497 e. The molecule has 1 aliphatic heterocycles. The van der Waals surface area contributed by atoms with Gasteiger partial charge in [0.25, 0.3) is 0 Å². The minimum atomic E-state index is 0.0832. The molecule has 1 saturated carbocycles. The summed E-state index contributed by atoms with van der Waals surface area (Å²) in [4.78, 5) is 17.0. The Morgan fingerprint density at radius 2 is 1.62 bits per heavy atom. The lowest BCUT2D eigenvalue weighted by Crippen LogP contribution is -2.46. The molecule has 0 bridgehead atoms. The van der Waals surface area contributed by atoms with E-state index in [1.165, 1.54) is 12.1 Å². The Morgan fingerprint density at radius 1 is 0.931 bits per heavy atom. The number of piperazine rings is 1. The van der Waals surface area contributed by atoms with Crippen molar-refractivity contribution in [1.29, 1.82) is 0 Å². The molecule has 1 saturated heterocycles. The van der Waals surface area contributed by atoms with Gasteiger partial charge in [-0.25, -0.2) is 0 Å². The Morgan fingerprint density at radius 3 is 2.24 bits per heavy atom. The summed E-state index contributed by atoms with van der Waals surface area (Å²) in [6.45, 7) is 3.62. The molecule has 1 aromatic carbocycles. The monoisotopic (exact) mass is 395 g/mol.